The highest BCUT2D eigenvalue weighted by Gasteiger charge is 2.14. The van der Waals surface area contributed by atoms with Gasteiger partial charge in [0.1, 0.15) is 5.70 Å². The van der Waals surface area contributed by atoms with Crippen LogP contribution in [0.1, 0.15) is 15.2 Å². The molecule has 2 amide bonds. The standard InChI is InChI=1S/C18H21N3O2S/c1-21(2)11-10-19-18(23)16(13-15-9-6-12-24-15)20-17(22)14-7-4-3-5-8-14/h3-9,12-13H,10-11H2,1-2H3,(H,19,23)(H,20,22)/b16-13+. The van der Waals surface area contributed by atoms with E-state index >= 15 is 0 Å². The lowest BCUT2D eigenvalue weighted by atomic mass is 10.2. The predicted molar refractivity (Wildman–Crippen MR) is 97.8 cm³/mol. The fourth-order valence-electron chi connectivity index (χ4n) is 1.95. The Morgan fingerprint density at radius 1 is 1.12 bits per heavy atom. The number of thiophene rings is 1. The largest absolute Gasteiger partial charge is 0.349 e. The lowest BCUT2D eigenvalue weighted by Gasteiger charge is -2.13. The SMILES string of the molecule is CN(C)CCNC(=O)/C(=C\c1cccs1)NC(=O)c1ccccc1. The van der Waals surface area contributed by atoms with Crippen molar-refractivity contribution >= 4 is 29.2 Å². The Kier molecular flexibility index (Phi) is 6.72. The van der Waals surface area contributed by atoms with Gasteiger partial charge < -0.3 is 15.5 Å². The van der Waals surface area contributed by atoms with Crippen molar-refractivity contribution < 1.29 is 9.59 Å². The first-order valence-corrected chi connectivity index (χ1v) is 8.49. The summed E-state index contributed by atoms with van der Waals surface area (Å²) in [5.41, 5.74) is 0.751. The maximum atomic E-state index is 12.4. The van der Waals surface area contributed by atoms with E-state index in [-0.39, 0.29) is 17.5 Å². The van der Waals surface area contributed by atoms with Gasteiger partial charge in [0.2, 0.25) is 0 Å². The van der Waals surface area contributed by atoms with Gasteiger partial charge in [-0.15, -0.1) is 11.3 Å². The predicted octanol–water partition coefficient (Wildman–Crippen LogP) is 2.20. The third-order valence-electron chi connectivity index (χ3n) is 3.20. The van der Waals surface area contributed by atoms with E-state index in [1.807, 2.05) is 42.6 Å². The molecule has 1 heterocycles. The highest BCUT2D eigenvalue weighted by molar-refractivity contribution is 7.10. The molecule has 2 rings (SSSR count). The van der Waals surface area contributed by atoms with Crippen LogP contribution in [0, 0.1) is 0 Å². The van der Waals surface area contributed by atoms with Gasteiger partial charge in [0.25, 0.3) is 11.8 Å². The molecule has 0 aliphatic carbocycles. The molecule has 1 aromatic heterocycles. The second-order valence-corrected chi connectivity index (χ2v) is 6.43. The van der Waals surface area contributed by atoms with Gasteiger partial charge >= 0.3 is 0 Å². The fraction of sp³-hybridized carbons (Fsp3) is 0.222. The average Bonchev–Trinajstić information content (AvgIpc) is 3.07. The number of hydrogen-bond donors (Lipinski definition) is 2. The van der Waals surface area contributed by atoms with Crippen molar-refractivity contribution in [3.8, 4) is 0 Å². The summed E-state index contributed by atoms with van der Waals surface area (Å²) in [4.78, 5) is 27.6. The van der Waals surface area contributed by atoms with E-state index in [2.05, 4.69) is 10.6 Å². The van der Waals surface area contributed by atoms with Crippen LogP contribution in [0.25, 0.3) is 6.08 Å². The van der Waals surface area contributed by atoms with Gasteiger partial charge in [-0.1, -0.05) is 24.3 Å². The van der Waals surface area contributed by atoms with Crippen molar-refractivity contribution in [2.45, 2.75) is 0 Å². The Bertz CT molecular complexity index is 694. The zero-order valence-corrected chi connectivity index (χ0v) is 14.6. The molecule has 0 fully saturated rings. The van der Waals surface area contributed by atoms with Crippen LogP contribution in [0.3, 0.4) is 0 Å². The van der Waals surface area contributed by atoms with Crippen LogP contribution >= 0.6 is 11.3 Å². The Balaban J connectivity index is 2.11. The van der Waals surface area contributed by atoms with Crippen LogP contribution in [-0.2, 0) is 4.79 Å². The van der Waals surface area contributed by atoms with E-state index in [0.717, 1.165) is 11.4 Å². The van der Waals surface area contributed by atoms with Crippen LogP contribution in [-0.4, -0.2) is 43.9 Å². The molecule has 6 heteroatoms. The molecular weight excluding hydrogens is 322 g/mol. The van der Waals surface area contributed by atoms with Crippen molar-refractivity contribution in [1.29, 1.82) is 0 Å². The maximum Gasteiger partial charge on any atom is 0.267 e. The van der Waals surface area contributed by atoms with Gasteiger partial charge in [0.05, 0.1) is 0 Å². The Labute approximate surface area is 146 Å². The van der Waals surface area contributed by atoms with E-state index in [0.29, 0.717) is 12.1 Å². The van der Waals surface area contributed by atoms with Crippen LogP contribution in [0.5, 0.6) is 0 Å². The van der Waals surface area contributed by atoms with Crippen LogP contribution in [0.4, 0.5) is 0 Å². The number of likely N-dealkylation sites (N-methyl/N-ethyl adjacent to an activating group) is 1. The molecule has 0 bridgehead atoms. The number of hydrogen-bond acceptors (Lipinski definition) is 4. The van der Waals surface area contributed by atoms with E-state index in [9.17, 15) is 9.59 Å². The number of benzene rings is 1. The summed E-state index contributed by atoms with van der Waals surface area (Å²) in [5, 5.41) is 7.46. The maximum absolute atomic E-state index is 12.4. The van der Waals surface area contributed by atoms with E-state index in [1.54, 1.807) is 30.3 Å². The molecule has 126 valence electrons. The van der Waals surface area contributed by atoms with E-state index in [1.165, 1.54) is 11.3 Å². The number of amides is 2. The minimum absolute atomic E-state index is 0.241. The van der Waals surface area contributed by atoms with Gasteiger partial charge in [-0.05, 0) is 43.8 Å². The number of nitrogens with one attached hydrogen (secondary N) is 2. The third kappa shape index (κ3) is 5.64. The first kappa shape index (κ1) is 17.9. The first-order valence-electron chi connectivity index (χ1n) is 7.61. The molecule has 0 radical (unpaired) electrons. The molecule has 2 aromatic rings. The highest BCUT2D eigenvalue weighted by atomic mass is 32.1. The number of rotatable bonds is 7. The zero-order valence-electron chi connectivity index (χ0n) is 13.8. The molecule has 0 spiro atoms. The van der Waals surface area contributed by atoms with Crippen molar-refractivity contribution in [2.75, 3.05) is 27.2 Å². The van der Waals surface area contributed by atoms with E-state index in [4.69, 9.17) is 0 Å². The van der Waals surface area contributed by atoms with Crippen LogP contribution in [0.15, 0.2) is 53.5 Å². The molecule has 0 saturated carbocycles. The van der Waals surface area contributed by atoms with Crippen molar-refractivity contribution in [3.63, 3.8) is 0 Å². The smallest absolute Gasteiger partial charge is 0.267 e. The minimum atomic E-state index is -0.304. The Morgan fingerprint density at radius 2 is 1.88 bits per heavy atom. The minimum Gasteiger partial charge on any atom is -0.349 e. The molecule has 0 atom stereocenters. The summed E-state index contributed by atoms with van der Waals surface area (Å²) in [5.74, 6) is -0.601. The molecule has 5 nitrogen and oxygen atoms in total. The monoisotopic (exact) mass is 343 g/mol. The molecular formula is C18H21N3O2S. The van der Waals surface area contributed by atoms with Gasteiger partial charge in [0.15, 0.2) is 0 Å². The number of nitrogens with zero attached hydrogens (tertiary/aromatic N) is 1. The first-order chi connectivity index (χ1) is 11.6. The summed E-state index contributed by atoms with van der Waals surface area (Å²) < 4.78 is 0. The number of carbonyl (C=O) groups is 2. The summed E-state index contributed by atoms with van der Waals surface area (Å²) >= 11 is 1.50. The van der Waals surface area contributed by atoms with Gasteiger partial charge in [0, 0.05) is 23.5 Å². The molecule has 0 aliphatic heterocycles. The molecule has 0 saturated heterocycles. The second kappa shape index (κ2) is 9.00. The quantitative estimate of drug-likeness (QED) is 0.758. The summed E-state index contributed by atoms with van der Waals surface area (Å²) in [6.45, 7) is 1.24. The zero-order chi connectivity index (χ0) is 17.4. The van der Waals surface area contributed by atoms with Gasteiger partial charge in [-0.3, -0.25) is 9.59 Å². The normalized spacial score (nSPS) is 11.4. The van der Waals surface area contributed by atoms with Crippen molar-refractivity contribution in [3.05, 3.63) is 64.0 Å². The third-order valence-corrected chi connectivity index (χ3v) is 4.02. The highest BCUT2D eigenvalue weighted by Crippen LogP contribution is 2.13. The summed E-state index contributed by atoms with van der Waals surface area (Å²) in [6.07, 6.45) is 1.69. The van der Waals surface area contributed by atoms with E-state index < -0.39 is 0 Å². The lowest BCUT2D eigenvalue weighted by molar-refractivity contribution is -0.117. The average molecular weight is 343 g/mol. The van der Waals surface area contributed by atoms with Crippen LogP contribution in [0.2, 0.25) is 0 Å². The Morgan fingerprint density at radius 3 is 2.50 bits per heavy atom. The van der Waals surface area contributed by atoms with Crippen molar-refractivity contribution in [1.82, 2.24) is 15.5 Å². The molecule has 0 aliphatic rings. The van der Waals surface area contributed by atoms with Gasteiger partial charge in [-0.25, -0.2) is 0 Å². The number of carbonyl (C=O) groups excluding carboxylic acids is 2. The van der Waals surface area contributed by atoms with Crippen molar-refractivity contribution in [2.24, 2.45) is 0 Å². The molecule has 2 N–H and O–H groups in total. The lowest BCUT2D eigenvalue weighted by Crippen LogP contribution is -2.37. The molecule has 0 unspecified atom stereocenters. The van der Waals surface area contributed by atoms with Crippen LogP contribution < -0.4 is 10.6 Å². The molecule has 1 aromatic carbocycles. The fourth-order valence-corrected chi connectivity index (χ4v) is 2.60. The summed E-state index contributed by atoms with van der Waals surface area (Å²) in [7, 11) is 3.87. The summed E-state index contributed by atoms with van der Waals surface area (Å²) in [6, 6.07) is 12.6. The second-order valence-electron chi connectivity index (χ2n) is 5.45. The van der Waals surface area contributed by atoms with Gasteiger partial charge in [-0.2, -0.15) is 0 Å². The topological polar surface area (TPSA) is 61.4 Å². The Hall–Kier alpha value is -2.44. The molecule has 24 heavy (non-hydrogen) atoms.